The summed E-state index contributed by atoms with van der Waals surface area (Å²) in [6, 6.07) is 0.239. The van der Waals surface area contributed by atoms with Crippen LogP contribution in [0, 0.1) is 0 Å². The Bertz CT molecular complexity index is 680. The third-order valence-corrected chi connectivity index (χ3v) is 4.90. The largest absolute Gasteiger partial charge is 0.490 e. The molecule has 0 saturated carbocycles. The summed E-state index contributed by atoms with van der Waals surface area (Å²) < 4.78 is 39.7. The van der Waals surface area contributed by atoms with Crippen LogP contribution in [0.15, 0.2) is 12.4 Å². The van der Waals surface area contributed by atoms with Gasteiger partial charge in [-0.2, -0.15) is 13.2 Å². The minimum atomic E-state index is -5.08. The third-order valence-electron chi connectivity index (χ3n) is 4.90. The minimum absolute atomic E-state index is 0.172. The number of halogens is 3. The van der Waals surface area contributed by atoms with Crippen LogP contribution in [0.5, 0.6) is 0 Å². The van der Waals surface area contributed by atoms with Crippen molar-refractivity contribution in [2.45, 2.75) is 44.6 Å². The maximum absolute atomic E-state index is 11.8. The summed E-state index contributed by atoms with van der Waals surface area (Å²) in [4.78, 5) is 29.5. The molecule has 28 heavy (non-hydrogen) atoms. The van der Waals surface area contributed by atoms with Gasteiger partial charge in [-0.3, -0.25) is 9.69 Å². The van der Waals surface area contributed by atoms with Gasteiger partial charge in [-0.05, 0) is 12.8 Å². The van der Waals surface area contributed by atoms with Crippen LogP contribution in [0.2, 0.25) is 0 Å². The lowest BCUT2D eigenvalue weighted by Gasteiger charge is -2.39. The normalized spacial score (nSPS) is 23.2. The van der Waals surface area contributed by atoms with Crippen molar-refractivity contribution in [1.29, 1.82) is 0 Å². The zero-order valence-corrected chi connectivity index (χ0v) is 15.9. The van der Waals surface area contributed by atoms with Gasteiger partial charge < -0.3 is 19.3 Å². The molecule has 2 aliphatic rings. The van der Waals surface area contributed by atoms with Crippen LogP contribution in [0.3, 0.4) is 0 Å². The van der Waals surface area contributed by atoms with Gasteiger partial charge in [0, 0.05) is 46.0 Å². The number of aromatic nitrogens is 2. The summed E-state index contributed by atoms with van der Waals surface area (Å²) >= 11 is 0. The molecule has 0 radical (unpaired) electrons. The van der Waals surface area contributed by atoms with Crippen LogP contribution < -0.4 is 0 Å². The van der Waals surface area contributed by atoms with E-state index in [9.17, 15) is 18.0 Å². The van der Waals surface area contributed by atoms with Crippen molar-refractivity contribution in [2.75, 3.05) is 26.2 Å². The van der Waals surface area contributed by atoms with Gasteiger partial charge in [0.25, 0.3) is 0 Å². The Balaban J connectivity index is 0.000000345. The smallest absolute Gasteiger partial charge is 0.475 e. The number of carbonyl (C=O) groups is 2. The molecule has 2 fully saturated rings. The Labute approximate surface area is 160 Å². The zero-order chi connectivity index (χ0) is 20.9. The van der Waals surface area contributed by atoms with E-state index in [-0.39, 0.29) is 18.1 Å². The Hall–Kier alpha value is -2.14. The first-order chi connectivity index (χ1) is 13.1. The number of rotatable bonds is 2. The number of imidazole rings is 1. The van der Waals surface area contributed by atoms with Crippen molar-refractivity contribution in [2.24, 2.45) is 7.05 Å². The van der Waals surface area contributed by atoms with Crippen LogP contribution in [-0.4, -0.2) is 80.9 Å². The number of hydrogen-bond donors (Lipinski definition) is 1. The summed E-state index contributed by atoms with van der Waals surface area (Å²) in [6.07, 6.45) is 0.892. The maximum Gasteiger partial charge on any atom is 0.490 e. The Morgan fingerprint density at radius 3 is 2.46 bits per heavy atom. The molecule has 158 valence electrons. The second-order valence-corrected chi connectivity index (χ2v) is 6.80. The van der Waals surface area contributed by atoms with Gasteiger partial charge >= 0.3 is 12.1 Å². The van der Waals surface area contributed by atoms with Crippen LogP contribution in [0.4, 0.5) is 13.2 Å². The molecular weight excluding hydrogens is 381 g/mol. The molecule has 11 heteroatoms. The number of ether oxygens (including phenoxy) is 1. The third kappa shape index (κ3) is 5.93. The number of hydrogen-bond acceptors (Lipinski definition) is 5. The number of morpholine rings is 1. The number of amides is 1. The van der Waals surface area contributed by atoms with Crippen LogP contribution in [0.25, 0.3) is 0 Å². The van der Waals surface area contributed by atoms with Gasteiger partial charge in [0.15, 0.2) is 0 Å². The molecule has 8 nitrogen and oxygen atoms in total. The highest BCUT2D eigenvalue weighted by Gasteiger charge is 2.38. The zero-order valence-electron chi connectivity index (χ0n) is 15.9. The first kappa shape index (κ1) is 22.2. The topological polar surface area (TPSA) is 87.9 Å². The summed E-state index contributed by atoms with van der Waals surface area (Å²) in [5.74, 6) is -1.50. The Morgan fingerprint density at radius 1 is 1.29 bits per heavy atom. The number of nitrogens with zero attached hydrogens (tertiary/aromatic N) is 4. The number of carbonyl (C=O) groups excluding carboxylic acids is 1. The average molecular weight is 406 g/mol. The lowest BCUT2D eigenvalue weighted by Crippen LogP contribution is -2.52. The van der Waals surface area contributed by atoms with Gasteiger partial charge in [-0.1, -0.05) is 0 Å². The molecule has 1 amide bonds. The molecule has 2 atom stereocenters. The fourth-order valence-corrected chi connectivity index (χ4v) is 3.43. The van der Waals surface area contributed by atoms with Gasteiger partial charge in [0.1, 0.15) is 5.82 Å². The van der Waals surface area contributed by atoms with Gasteiger partial charge in [-0.25, -0.2) is 9.78 Å². The molecular formula is C17H25F3N4O4. The number of aryl methyl sites for hydroxylation is 1. The van der Waals surface area contributed by atoms with Gasteiger partial charge in [0.2, 0.25) is 5.91 Å². The number of carboxylic acid groups (broad SMARTS) is 1. The van der Waals surface area contributed by atoms with E-state index in [0.29, 0.717) is 6.61 Å². The minimum Gasteiger partial charge on any atom is -0.475 e. The second kappa shape index (κ2) is 9.37. The molecule has 1 N–H and O–H groups in total. The molecule has 0 aromatic carbocycles. The number of carboxylic acids is 1. The lowest BCUT2D eigenvalue weighted by molar-refractivity contribution is -0.192. The standard InChI is InChI=1S/C15H24N4O2.C2HF3O2/c1-12(20)19-9-10-21-14-4-7-18(6-3-13(14)19)11-15-16-5-8-17(15)2;3-2(4,5)1(6)7/h5,8,13-14H,3-4,6-7,9-11H2,1-2H3;(H,6,7). The molecule has 2 unspecified atom stereocenters. The fraction of sp³-hybridized carbons (Fsp3) is 0.706. The first-order valence-corrected chi connectivity index (χ1v) is 8.97. The summed E-state index contributed by atoms with van der Waals surface area (Å²) in [5.41, 5.74) is 0. The van der Waals surface area contributed by atoms with E-state index in [0.717, 1.165) is 44.8 Å². The van der Waals surface area contributed by atoms with Crippen molar-refractivity contribution in [1.82, 2.24) is 19.4 Å². The lowest BCUT2D eigenvalue weighted by atomic mass is 10.0. The molecule has 0 bridgehead atoms. The second-order valence-electron chi connectivity index (χ2n) is 6.80. The SMILES string of the molecule is CC(=O)N1CCOC2CCN(Cc3nccn3C)CCC21.O=C(O)C(F)(F)F. The Kier molecular flexibility index (Phi) is 7.41. The quantitative estimate of drug-likeness (QED) is 0.796. The number of fused-ring (bicyclic) bond motifs is 1. The maximum atomic E-state index is 11.8. The molecule has 0 aliphatic carbocycles. The Morgan fingerprint density at radius 2 is 1.93 bits per heavy atom. The highest BCUT2D eigenvalue weighted by Crippen LogP contribution is 2.24. The van der Waals surface area contributed by atoms with Crippen molar-refractivity contribution in [3.63, 3.8) is 0 Å². The van der Waals surface area contributed by atoms with Crippen LogP contribution in [0.1, 0.15) is 25.6 Å². The van der Waals surface area contributed by atoms with E-state index in [1.807, 2.05) is 24.3 Å². The summed E-state index contributed by atoms with van der Waals surface area (Å²) in [5, 5.41) is 7.12. The van der Waals surface area contributed by atoms with E-state index in [1.165, 1.54) is 0 Å². The van der Waals surface area contributed by atoms with E-state index in [4.69, 9.17) is 14.6 Å². The number of likely N-dealkylation sites (tertiary alicyclic amines) is 1. The van der Waals surface area contributed by atoms with Gasteiger partial charge in [-0.15, -0.1) is 0 Å². The van der Waals surface area contributed by atoms with Crippen molar-refractivity contribution < 1.29 is 32.6 Å². The van der Waals surface area contributed by atoms with Crippen LogP contribution >= 0.6 is 0 Å². The predicted molar refractivity (Wildman–Crippen MR) is 92.3 cm³/mol. The highest BCUT2D eigenvalue weighted by atomic mass is 19.4. The average Bonchev–Trinajstić information content (AvgIpc) is 2.89. The summed E-state index contributed by atoms with van der Waals surface area (Å²) in [6.45, 7) is 5.92. The molecule has 2 saturated heterocycles. The van der Waals surface area contributed by atoms with Crippen molar-refractivity contribution in [3.8, 4) is 0 Å². The van der Waals surface area contributed by atoms with Crippen LogP contribution in [-0.2, 0) is 27.9 Å². The van der Waals surface area contributed by atoms with E-state index in [1.54, 1.807) is 6.92 Å². The van der Waals surface area contributed by atoms with Gasteiger partial charge in [0.05, 0.1) is 25.3 Å². The van der Waals surface area contributed by atoms with Crippen molar-refractivity contribution >= 4 is 11.9 Å². The molecule has 0 spiro atoms. The number of alkyl halides is 3. The van der Waals surface area contributed by atoms with E-state index in [2.05, 4.69) is 14.5 Å². The molecule has 3 heterocycles. The number of aliphatic carboxylic acids is 1. The monoisotopic (exact) mass is 406 g/mol. The fourth-order valence-electron chi connectivity index (χ4n) is 3.43. The highest BCUT2D eigenvalue weighted by molar-refractivity contribution is 5.74. The first-order valence-electron chi connectivity index (χ1n) is 8.97. The molecule has 3 rings (SSSR count). The van der Waals surface area contributed by atoms with E-state index < -0.39 is 12.1 Å². The van der Waals surface area contributed by atoms with E-state index >= 15 is 0 Å². The molecule has 1 aromatic heterocycles. The predicted octanol–water partition coefficient (Wildman–Crippen LogP) is 1.27. The molecule has 1 aromatic rings. The molecule has 2 aliphatic heterocycles. The summed E-state index contributed by atoms with van der Waals surface area (Å²) in [7, 11) is 2.03. The van der Waals surface area contributed by atoms with Crippen molar-refractivity contribution in [3.05, 3.63) is 18.2 Å².